The predicted molar refractivity (Wildman–Crippen MR) is 63.3 cm³/mol. The summed E-state index contributed by atoms with van der Waals surface area (Å²) in [6.07, 6.45) is 9.15. The highest BCUT2D eigenvalue weighted by molar-refractivity contribution is 4.96. The monoisotopic (exact) mass is 195 g/mol. The summed E-state index contributed by atoms with van der Waals surface area (Å²) >= 11 is 0. The second-order valence-electron chi connectivity index (χ2n) is 4.75. The smallest absolute Gasteiger partial charge is 0.0175 e. The maximum Gasteiger partial charge on any atom is 0.0175 e. The van der Waals surface area contributed by atoms with Gasteiger partial charge in [-0.25, -0.2) is 0 Å². The molecule has 0 bridgehead atoms. The van der Waals surface area contributed by atoms with Crippen molar-refractivity contribution in [3.8, 4) is 0 Å². The van der Waals surface area contributed by atoms with Crippen molar-refractivity contribution < 1.29 is 0 Å². The number of nitrogens with zero attached hydrogens (tertiary/aromatic N) is 1. The lowest BCUT2D eigenvalue weighted by atomic mass is 9.98. The molecule has 0 aromatic rings. The zero-order valence-corrected chi connectivity index (χ0v) is 10.1. The van der Waals surface area contributed by atoms with Gasteiger partial charge in [-0.2, -0.15) is 0 Å². The molecule has 0 amide bonds. The van der Waals surface area contributed by atoms with Crippen molar-refractivity contribution >= 4 is 0 Å². The quantitative estimate of drug-likeness (QED) is 0.647. The highest BCUT2D eigenvalue weighted by Crippen LogP contribution is 2.17. The number of rotatable bonds is 2. The summed E-state index contributed by atoms with van der Waals surface area (Å²) in [5.74, 6) is 0.924. The Hall–Kier alpha value is -0.460. The van der Waals surface area contributed by atoms with E-state index in [9.17, 15) is 0 Å². The first-order valence-electron chi connectivity index (χ1n) is 6.13. The van der Waals surface area contributed by atoms with E-state index < -0.39 is 0 Å². The highest BCUT2D eigenvalue weighted by atomic mass is 15.1. The molecule has 1 unspecified atom stereocenters. The molecular weight excluding hydrogens is 170 g/mol. The lowest BCUT2D eigenvalue weighted by Gasteiger charge is -2.26. The number of hydrogen-bond acceptors (Lipinski definition) is 1. The minimum Gasteiger partial charge on any atom is -0.377 e. The van der Waals surface area contributed by atoms with Gasteiger partial charge in [0, 0.05) is 13.1 Å². The van der Waals surface area contributed by atoms with Crippen LogP contribution in [0, 0.1) is 5.92 Å². The van der Waals surface area contributed by atoms with Crippen molar-refractivity contribution in [2.45, 2.75) is 52.9 Å². The molecule has 14 heavy (non-hydrogen) atoms. The van der Waals surface area contributed by atoms with Gasteiger partial charge in [-0.3, -0.25) is 0 Å². The minimum absolute atomic E-state index is 0.924. The van der Waals surface area contributed by atoms with E-state index in [4.69, 9.17) is 0 Å². The van der Waals surface area contributed by atoms with Crippen LogP contribution in [0.4, 0.5) is 0 Å². The SMILES string of the molecule is CC/C(C)=C/N1CCCCC(C)CC1. The molecule has 0 radical (unpaired) electrons. The normalized spacial score (nSPS) is 25.8. The van der Waals surface area contributed by atoms with Crippen molar-refractivity contribution in [3.05, 3.63) is 11.8 Å². The van der Waals surface area contributed by atoms with Gasteiger partial charge in [0.15, 0.2) is 0 Å². The summed E-state index contributed by atoms with van der Waals surface area (Å²) < 4.78 is 0. The zero-order chi connectivity index (χ0) is 10.4. The number of hydrogen-bond donors (Lipinski definition) is 0. The van der Waals surface area contributed by atoms with Crippen LogP contribution in [0.1, 0.15) is 52.9 Å². The molecule has 0 saturated carbocycles. The molecule has 0 aromatic heterocycles. The molecule has 1 atom stereocenters. The van der Waals surface area contributed by atoms with Crippen LogP contribution in [0.5, 0.6) is 0 Å². The molecule has 82 valence electrons. The third-order valence-corrected chi connectivity index (χ3v) is 3.26. The topological polar surface area (TPSA) is 3.24 Å². The Morgan fingerprint density at radius 2 is 2.07 bits per heavy atom. The van der Waals surface area contributed by atoms with Crippen LogP contribution < -0.4 is 0 Å². The minimum atomic E-state index is 0.924. The largest absolute Gasteiger partial charge is 0.377 e. The van der Waals surface area contributed by atoms with E-state index in [-0.39, 0.29) is 0 Å². The maximum atomic E-state index is 2.52. The van der Waals surface area contributed by atoms with Gasteiger partial charge in [0.2, 0.25) is 0 Å². The summed E-state index contributed by atoms with van der Waals surface area (Å²) in [4.78, 5) is 2.52. The molecule has 1 heteroatoms. The maximum absolute atomic E-state index is 2.52. The van der Waals surface area contributed by atoms with E-state index in [1.807, 2.05) is 0 Å². The van der Waals surface area contributed by atoms with Crippen molar-refractivity contribution in [1.82, 2.24) is 4.90 Å². The van der Waals surface area contributed by atoms with E-state index in [0.717, 1.165) is 5.92 Å². The summed E-state index contributed by atoms with van der Waals surface area (Å²) in [5.41, 5.74) is 1.51. The van der Waals surface area contributed by atoms with Crippen LogP contribution in [0.15, 0.2) is 11.8 Å². The van der Waals surface area contributed by atoms with Crippen LogP contribution in [0.2, 0.25) is 0 Å². The molecule has 1 aliphatic rings. The van der Waals surface area contributed by atoms with E-state index in [2.05, 4.69) is 31.9 Å². The first-order chi connectivity index (χ1) is 6.72. The van der Waals surface area contributed by atoms with Gasteiger partial charge in [0.25, 0.3) is 0 Å². The van der Waals surface area contributed by atoms with Gasteiger partial charge in [0.1, 0.15) is 0 Å². The van der Waals surface area contributed by atoms with Crippen LogP contribution in [-0.4, -0.2) is 18.0 Å². The molecule has 1 nitrogen and oxygen atoms in total. The zero-order valence-electron chi connectivity index (χ0n) is 10.1. The van der Waals surface area contributed by atoms with Gasteiger partial charge in [-0.15, -0.1) is 0 Å². The third kappa shape index (κ3) is 4.17. The van der Waals surface area contributed by atoms with Gasteiger partial charge < -0.3 is 4.90 Å². The lowest BCUT2D eigenvalue weighted by Crippen LogP contribution is -2.24. The standard InChI is InChI=1S/C13H25N/c1-4-12(2)11-14-9-6-5-7-13(3)8-10-14/h11,13H,4-10H2,1-3H3/b12-11+. The van der Waals surface area contributed by atoms with Gasteiger partial charge in [-0.1, -0.05) is 32.3 Å². The fourth-order valence-corrected chi connectivity index (χ4v) is 1.98. The van der Waals surface area contributed by atoms with Crippen molar-refractivity contribution in [3.63, 3.8) is 0 Å². The van der Waals surface area contributed by atoms with E-state index >= 15 is 0 Å². The Morgan fingerprint density at radius 3 is 2.79 bits per heavy atom. The van der Waals surface area contributed by atoms with Crippen LogP contribution in [-0.2, 0) is 0 Å². The van der Waals surface area contributed by atoms with Crippen molar-refractivity contribution in [1.29, 1.82) is 0 Å². The molecule has 0 aliphatic carbocycles. The first kappa shape index (κ1) is 11.6. The molecule has 1 saturated heterocycles. The third-order valence-electron chi connectivity index (χ3n) is 3.26. The fraction of sp³-hybridized carbons (Fsp3) is 0.846. The molecule has 0 spiro atoms. The summed E-state index contributed by atoms with van der Waals surface area (Å²) in [7, 11) is 0. The average Bonchev–Trinajstić information content (AvgIpc) is 2.16. The summed E-state index contributed by atoms with van der Waals surface area (Å²) in [6.45, 7) is 9.39. The van der Waals surface area contributed by atoms with Crippen LogP contribution >= 0.6 is 0 Å². The predicted octanol–water partition coefficient (Wildman–Crippen LogP) is 3.81. The molecular formula is C13H25N. The van der Waals surface area contributed by atoms with Gasteiger partial charge >= 0.3 is 0 Å². The van der Waals surface area contributed by atoms with Gasteiger partial charge in [-0.05, 0) is 38.3 Å². The van der Waals surface area contributed by atoms with E-state index in [1.54, 1.807) is 0 Å². The van der Waals surface area contributed by atoms with Crippen molar-refractivity contribution in [2.75, 3.05) is 13.1 Å². The highest BCUT2D eigenvalue weighted by Gasteiger charge is 2.09. The Balaban J connectivity index is 2.43. The molecule has 1 rings (SSSR count). The molecule has 1 aliphatic heterocycles. The van der Waals surface area contributed by atoms with E-state index in [1.165, 1.54) is 50.8 Å². The molecule has 1 heterocycles. The summed E-state index contributed by atoms with van der Waals surface area (Å²) in [6, 6.07) is 0. The lowest BCUT2D eigenvalue weighted by molar-refractivity contribution is 0.289. The molecule has 1 fully saturated rings. The molecule has 0 N–H and O–H groups in total. The number of likely N-dealkylation sites (tertiary alicyclic amines) is 1. The Kier molecular flexibility index (Phi) is 5.06. The molecule has 0 aromatic carbocycles. The van der Waals surface area contributed by atoms with Gasteiger partial charge in [0.05, 0.1) is 0 Å². The van der Waals surface area contributed by atoms with Crippen LogP contribution in [0.3, 0.4) is 0 Å². The average molecular weight is 195 g/mol. The Bertz CT molecular complexity index is 184. The van der Waals surface area contributed by atoms with E-state index in [0.29, 0.717) is 0 Å². The Labute approximate surface area is 89.2 Å². The first-order valence-corrected chi connectivity index (χ1v) is 6.13. The second kappa shape index (κ2) is 6.10. The summed E-state index contributed by atoms with van der Waals surface area (Å²) in [5, 5.41) is 0. The fourth-order valence-electron chi connectivity index (χ4n) is 1.98. The van der Waals surface area contributed by atoms with Crippen LogP contribution in [0.25, 0.3) is 0 Å². The van der Waals surface area contributed by atoms with Crippen molar-refractivity contribution in [2.24, 2.45) is 5.92 Å². The number of allylic oxidation sites excluding steroid dienone is 1. The Morgan fingerprint density at radius 1 is 1.29 bits per heavy atom. The second-order valence-corrected chi connectivity index (χ2v) is 4.75.